The van der Waals surface area contributed by atoms with Gasteiger partial charge in [-0.1, -0.05) is 6.92 Å². The molecule has 0 aromatic carbocycles. The van der Waals surface area contributed by atoms with Crippen LogP contribution in [-0.2, 0) is 12.3 Å². The summed E-state index contributed by atoms with van der Waals surface area (Å²) in [6, 6.07) is 0.771. The van der Waals surface area contributed by atoms with Crippen LogP contribution in [-0.4, -0.2) is 54.1 Å². The molecule has 1 saturated heterocycles. The molecule has 0 spiro atoms. The first-order valence-corrected chi connectivity index (χ1v) is 9.06. The van der Waals surface area contributed by atoms with Crippen LogP contribution in [0.4, 0.5) is 0 Å². The average molecular weight is 316 g/mol. The third-order valence-electron chi connectivity index (χ3n) is 4.09. The van der Waals surface area contributed by atoms with Crippen molar-refractivity contribution in [3.63, 3.8) is 0 Å². The molecule has 5 heteroatoms. The molecule has 1 aliphatic heterocycles. The number of thiazole rings is 1. The fourth-order valence-corrected chi connectivity index (χ4v) is 4.06. The molecule has 114 valence electrons. The smallest absolute Gasteiger partial charge is 0.0929 e. The fourth-order valence-electron chi connectivity index (χ4n) is 2.99. The van der Waals surface area contributed by atoms with E-state index < -0.39 is 0 Å². The van der Waals surface area contributed by atoms with Gasteiger partial charge in [-0.25, -0.2) is 4.98 Å². The van der Waals surface area contributed by atoms with E-state index in [2.05, 4.69) is 34.1 Å². The van der Waals surface area contributed by atoms with Crippen LogP contribution in [0.25, 0.3) is 0 Å². The Kier molecular flexibility index (Phi) is 6.75. The zero-order valence-corrected chi connectivity index (χ0v) is 14.2. The van der Waals surface area contributed by atoms with Gasteiger partial charge in [0.05, 0.1) is 16.6 Å². The SMILES string of the molecule is CCN1CCCC1CN(C)CCCc1nc(CCl)cs1. The highest BCUT2D eigenvalue weighted by Gasteiger charge is 2.23. The van der Waals surface area contributed by atoms with Gasteiger partial charge in [-0.15, -0.1) is 22.9 Å². The molecular weight excluding hydrogens is 290 g/mol. The van der Waals surface area contributed by atoms with E-state index in [0.29, 0.717) is 5.88 Å². The minimum absolute atomic E-state index is 0.533. The molecule has 0 radical (unpaired) electrons. The van der Waals surface area contributed by atoms with Gasteiger partial charge in [0.25, 0.3) is 0 Å². The van der Waals surface area contributed by atoms with Gasteiger partial charge >= 0.3 is 0 Å². The van der Waals surface area contributed by atoms with Gasteiger partial charge in [-0.05, 0) is 45.9 Å². The van der Waals surface area contributed by atoms with Crippen LogP contribution in [0.2, 0.25) is 0 Å². The molecule has 0 aliphatic carbocycles. The van der Waals surface area contributed by atoms with Crippen LogP contribution in [0.5, 0.6) is 0 Å². The molecule has 1 aromatic rings. The molecule has 20 heavy (non-hydrogen) atoms. The molecule has 0 saturated carbocycles. The normalized spacial score (nSPS) is 20.1. The number of likely N-dealkylation sites (N-methyl/N-ethyl adjacent to an activating group) is 2. The molecule has 0 bridgehead atoms. The fraction of sp³-hybridized carbons (Fsp3) is 0.800. The lowest BCUT2D eigenvalue weighted by molar-refractivity contribution is 0.198. The van der Waals surface area contributed by atoms with Crippen molar-refractivity contribution in [3.8, 4) is 0 Å². The average Bonchev–Trinajstić information content (AvgIpc) is 3.07. The predicted molar refractivity (Wildman–Crippen MR) is 87.8 cm³/mol. The van der Waals surface area contributed by atoms with Crippen LogP contribution in [0, 0.1) is 0 Å². The number of aryl methyl sites for hydroxylation is 1. The van der Waals surface area contributed by atoms with Crippen molar-refractivity contribution < 1.29 is 0 Å². The third kappa shape index (κ3) is 4.69. The van der Waals surface area contributed by atoms with E-state index >= 15 is 0 Å². The van der Waals surface area contributed by atoms with Crippen molar-refractivity contribution in [1.29, 1.82) is 0 Å². The molecule has 1 aliphatic rings. The van der Waals surface area contributed by atoms with Gasteiger partial charge in [0.15, 0.2) is 0 Å². The number of alkyl halides is 1. The highest BCUT2D eigenvalue weighted by molar-refractivity contribution is 7.09. The lowest BCUT2D eigenvalue weighted by Crippen LogP contribution is -2.39. The lowest BCUT2D eigenvalue weighted by atomic mass is 10.2. The van der Waals surface area contributed by atoms with Gasteiger partial charge in [-0.3, -0.25) is 4.90 Å². The number of hydrogen-bond donors (Lipinski definition) is 0. The van der Waals surface area contributed by atoms with Crippen LogP contribution < -0.4 is 0 Å². The van der Waals surface area contributed by atoms with Crippen LogP contribution in [0.1, 0.15) is 36.9 Å². The molecule has 3 nitrogen and oxygen atoms in total. The summed E-state index contributed by atoms with van der Waals surface area (Å²) < 4.78 is 0. The van der Waals surface area contributed by atoms with Gasteiger partial charge in [0.2, 0.25) is 0 Å². The van der Waals surface area contributed by atoms with E-state index in [0.717, 1.165) is 24.7 Å². The van der Waals surface area contributed by atoms with Gasteiger partial charge in [0, 0.05) is 24.4 Å². The Bertz CT molecular complexity index is 396. The zero-order chi connectivity index (χ0) is 14.4. The van der Waals surface area contributed by atoms with E-state index in [1.165, 1.54) is 43.9 Å². The van der Waals surface area contributed by atoms with E-state index in [1.807, 2.05) is 0 Å². The summed E-state index contributed by atoms with van der Waals surface area (Å²) in [5.74, 6) is 0.533. The maximum absolute atomic E-state index is 5.78. The number of likely N-dealkylation sites (tertiary alicyclic amines) is 1. The number of aromatic nitrogens is 1. The Morgan fingerprint density at radius 1 is 1.55 bits per heavy atom. The summed E-state index contributed by atoms with van der Waals surface area (Å²) in [6.45, 7) is 7.12. The first-order valence-electron chi connectivity index (χ1n) is 7.64. The van der Waals surface area contributed by atoms with Gasteiger partial charge in [-0.2, -0.15) is 0 Å². The molecule has 0 N–H and O–H groups in total. The van der Waals surface area contributed by atoms with Crippen LogP contribution in [0.3, 0.4) is 0 Å². The Morgan fingerprint density at radius 3 is 3.10 bits per heavy atom. The van der Waals surface area contributed by atoms with E-state index in [1.54, 1.807) is 11.3 Å². The summed E-state index contributed by atoms with van der Waals surface area (Å²) in [7, 11) is 2.25. The molecule has 1 aromatic heterocycles. The standard InChI is InChI=1S/C15H26ClN3S/c1-3-19-9-4-6-14(19)11-18(2)8-5-7-15-17-13(10-16)12-20-15/h12,14H,3-11H2,1-2H3. The lowest BCUT2D eigenvalue weighted by Gasteiger charge is -2.27. The van der Waals surface area contributed by atoms with E-state index in [4.69, 9.17) is 11.6 Å². The maximum atomic E-state index is 5.78. The summed E-state index contributed by atoms with van der Waals surface area (Å²) in [5, 5.41) is 3.30. The molecule has 2 heterocycles. The van der Waals surface area contributed by atoms with Crippen molar-refractivity contribution in [2.75, 3.05) is 33.2 Å². The molecule has 1 fully saturated rings. The summed E-state index contributed by atoms with van der Waals surface area (Å²) in [4.78, 5) is 9.61. The molecule has 1 atom stereocenters. The molecule has 0 amide bonds. The van der Waals surface area contributed by atoms with E-state index in [9.17, 15) is 0 Å². The van der Waals surface area contributed by atoms with Crippen molar-refractivity contribution in [3.05, 3.63) is 16.1 Å². The van der Waals surface area contributed by atoms with Gasteiger partial charge < -0.3 is 4.90 Å². The second-order valence-electron chi connectivity index (χ2n) is 5.66. The third-order valence-corrected chi connectivity index (χ3v) is 5.33. The number of nitrogens with zero attached hydrogens (tertiary/aromatic N) is 3. The Labute approximate surface area is 131 Å². The Hall–Kier alpha value is -0.160. The van der Waals surface area contributed by atoms with E-state index in [-0.39, 0.29) is 0 Å². The topological polar surface area (TPSA) is 19.4 Å². The number of halogens is 1. The van der Waals surface area contributed by atoms with Crippen molar-refractivity contribution >= 4 is 22.9 Å². The van der Waals surface area contributed by atoms with Gasteiger partial charge in [0.1, 0.15) is 0 Å². The number of rotatable bonds is 8. The first-order chi connectivity index (χ1) is 9.72. The highest BCUT2D eigenvalue weighted by Crippen LogP contribution is 2.18. The second-order valence-corrected chi connectivity index (χ2v) is 6.87. The summed E-state index contributed by atoms with van der Waals surface area (Å²) >= 11 is 7.52. The molecule has 1 unspecified atom stereocenters. The van der Waals surface area contributed by atoms with Crippen molar-refractivity contribution in [2.45, 2.75) is 44.5 Å². The molecular formula is C15H26ClN3S. The monoisotopic (exact) mass is 315 g/mol. The van der Waals surface area contributed by atoms with Crippen molar-refractivity contribution in [1.82, 2.24) is 14.8 Å². The van der Waals surface area contributed by atoms with Crippen LogP contribution in [0.15, 0.2) is 5.38 Å². The maximum Gasteiger partial charge on any atom is 0.0929 e. The molecule has 2 rings (SSSR count). The zero-order valence-electron chi connectivity index (χ0n) is 12.6. The Morgan fingerprint density at radius 2 is 2.40 bits per heavy atom. The quantitative estimate of drug-likeness (QED) is 0.687. The second kappa shape index (κ2) is 8.32. The first kappa shape index (κ1) is 16.2. The summed E-state index contributed by atoms with van der Waals surface area (Å²) in [5.41, 5.74) is 1.02. The highest BCUT2D eigenvalue weighted by atomic mass is 35.5. The minimum atomic E-state index is 0.533. The minimum Gasteiger partial charge on any atom is -0.305 e. The van der Waals surface area contributed by atoms with Crippen LogP contribution >= 0.6 is 22.9 Å². The largest absolute Gasteiger partial charge is 0.305 e. The predicted octanol–water partition coefficient (Wildman–Crippen LogP) is 3.23. The summed E-state index contributed by atoms with van der Waals surface area (Å²) in [6.07, 6.45) is 5.00. The number of hydrogen-bond acceptors (Lipinski definition) is 4. The van der Waals surface area contributed by atoms with Crippen molar-refractivity contribution in [2.24, 2.45) is 0 Å². The Balaban J connectivity index is 1.66.